The first-order valence-corrected chi connectivity index (χ1v) is 19.0. The fraction of sp³-hybridized carbons (Fsp3) is 0.667. The van der Waals surface area contributed by atoms with Crippen molar-refractivity contribution in [3.05, 3.63) is 24.3 Å². The molecule has 0 aromatic heterocycles. The lowest BCUT2D eigenvalue weighted by Crippen LogP contribution is -2.74. The number of imide groups is 2. The minimum atomic E-state index is -2.68. The van der Waals surface area contributed by atoms with Crippen molar-refractivity contribution in [1.82, 2.24) is 9.80 Å². The molecule has 1 aromatic carbocycles. The summed E-state index contributed by atoms with van der Waals surface area (Å²) < 4.78 is 46.5. The van der Waals surface area contributed by atoms with Gasteiger partial charge in [0.25, 0.3) is 11.8 Å². The number of carbonyl (C=O) groups excluding carboxylic acids is 4. The lowest BCUT2D eigenvalue weighted by molar-refractivity contribution is -0.224. The summed E-state index contributed by atoms with van der Waals surface area (Å²) in [6.45, 7) is 4.09. The van der Waals surface area contributed by atoms with Crippen molar-refractivity contribution in [2.45, 2.75) is 57.5 Å². The molecule has 0 fully saturated rings. The normalized spacial score (nSPS) is 17.6. The highest BCUT2D eigenvalue weighted by Gasteiger charge is 2.56. The number of hydrogen-bond acceptors (Lipinski definition) is 16. The van der Waals surface area contributed by atoms with Gasteiger partial charge in [-0.1, -0.05) is 12.1 Å². The largest absolute Gasteiger partial charge is 0.487 e. The van der Waals surface area contributed by atoms with Crippen LogP contribution in [0.3, 0.4) is 0 Å². The smallest absolute Gasteiger partial charge is 0.305 e. The molecule has 0 unspecified atom stereocenters. The molecule has 0 saturated carbocycles. The van der Waals surface area contributed by atoms with Crippen LogP contribution in [-0.2, 0) is 47.6 Å². The van der Waals surface area contributed by atoms with Crippen LogP contribution in [0.15, 0.2) is 34.3 Å². The molecule has 0 radical (unpaired) electrons. The minimum Gasteiger partial charge on any atom is -0.487 e. The summed E-state index contributed by atoms with van der Waals surface area (Å²) in [7, 11) is 0. The van der Waals surface area contributed by atoms with E-state index in [1.165, 1.54) is 6.07 Å². The summed E-state index contributed by atoms with van der Waals surface area (Å²) in [5.74, 6) is -6.90. The number of amides is 4. The van der Waals surface area contributed by atoms with Gasteiger partial charge in [-0.2, -0.15) is 0 Å². The van der Waals surface area contributed by atoms with Crippen molar-refractivity contribution < 1.29 is 57.1 Å². The van der Waals surface area contributed by atoms with Gasteiger partial charge in [-0.05, 0) is 37.8 Å². The first-order chi connectivity index (χ1) is 27.8. The molecule has 22 nitrogen and oxygen atoms in total. The molecular formula is C36H62N10O12. The Labute approximate surface area is 338 Å². The molecule has 12 N–H and O–H groups in total. The zero-order valence-electron chi connectivity index (χ0n) is 33.6. The van der Waals surface area contributed by atoms with E-state index >= 15 is 0 Å². The maximum atomic E-state index is 14.4. The molecule has 0 aliphatic carbocycles. The van der Waals surface area contributed by atoms with Gasteiger partial charge in [0.05, 0.1) is 84.8 Å². The van der Waals surface area contributed by atoms with E-state index in [0.717, 1.165) is 13.8 Å². The third-order valence-corrected chi connectivity index (χ3v) is 8.10. The highest BCUT2D eigenvalue weighted by atomic mass is 16.6. The fourth-order valence-corrected chi connectivity index (χ4v) is 5.46. The SMILES string of the molecule is CC(=O)N(C(=O)[C@@H](N)CCCN=C(N)N)C1(N(C(C)=O)C(=O)[C@@H](N)CCCN=C(N)N)COCCOCCOCCOCCOCCOCCOc2ccccc2O1. The molecule has 1 aliphatic heterocycles. The van der Waals surface area contributed by atoms with Gasteiger partial charge >= 0.3 is 5.85 Å². The van der Waals surface area contributed by atoms with Gasteiger partial charge in [0.1, 0.15) is 13.2 Å². The number of fused-ring (bicyclic) bond motifs is 1. The van der Waals surface area contributed by atoms with Crippen LogP contribution in [0.1, 0.15) is 39.5 Å². The highest BCUT2D eigenvalue weighted by Crippen LogP contribution is 2.35. The summed E-state index contributed by atoms with van der Waals surface area (Å²) in [5, 5.41) is 0. The number of hydrogen-bond donors (Lipinski definition) is 6. The fourth-order valence-electron chi connectivity index (χ4n) is 5.46. The topological polar surface area (TPSA) is 329 Å². The number of nitrogens with two attached hydrogens (primary N) is 6. The summed E-state index contributed by atoms with van der Waals surface area (Å²) in [4.78, 5) is 65.6. The van der Waals surface area contributed by atoms with E-state index in [4.69, 9.17) is 72.3 Å². The third kappa shape index (κ3) is 17.9. The van der Waals surface area contributed by atoms with E-state index in [0.29, 0.717) is 42.8 Å². The monoisotopic (exact) mass is 826 g/mol. The average Bonchev–Trinajstić information content (AvgIpc) is 3.17. The van der Waals surface area contributed by atoms with Crippen LogP contribution in [-0.4, -0.2) is 162 Å². The van der Waals surface area contributed by atoms with Crippen molar-refractivity contribution in [3.63, 3.8) is 0 Å². The quantitative estimate of drug-likeness (QED) is 0.0560. The molecule has 1 heterocycles. The van der Waals surface area contributed by atoms with E-state index in [1.807, 2.05) is 0 Å². The predicted octanol–water partition coefficient (Wildman–Crippen LogP) is -2.28. The Bertz CT molecular complexity index is 1400. The van der Waals surface area contributed by atoms with E-state index in [9.17, 15) is 19.2 Å². The van der Waals surface area contributed by atoms with Gasteiger partial charge in [0.15, 0.2) is 23.4 Å². The number of rotatable bonds is 12. The van der Waals surface area contributed by atoms with Crippen LogP contribution in [0.25, 0.3) is 0 Å². The number of aliphatic imine (C=N–C) groups is 2. The Balaban J connectivity index is 2.70. The van der Waals surface area contributed by atoms with E-state index < -0.39 is 48.2 Å². The molecule has 0 saturated heterocycles. The van der Waals surface area contributed by atoms with Crippen molar-refractivity contribution in [3.8, 4) is 11.5 Å². The molecule has 2 atom stereocenters. The highest BCUT2D eigenvalue weighted by molar-refractivity contribution is 6.02. The van der Waals surface area contributed by atoms with Gasteiger partial charge in [0.2, 0.25) is 11.8 Å². The molecule has 58 heavy (non-hydrogen) atoms. The Morgan fingerprint density at radius 3 is 1.34 bits per heavy atom. The van der Waals surface area contributed by atoms with E-state index in [-0.39, 0.29) is 108 Å². The standard InChI is InChI=1S/C36H62N10O12/c1-26(47)45(32(49)28(37)7-5-11-43-34(39)40)36(46(27(2)48)33(50)29(38)8-6-12-44-35(41)42)25-56-22-21-54-18-17-52-14-13-51-15-16-53-19-20-55-23-24-57-30-9-3-4-10-31(30)58-36/h3-4,9-10,28-29H,5-8,11-25,37-38H2,1-2H3,(H4,39,40,43)(H4,41,42,44)/t28-,29-/m0/s1. The Morgan fingerprint density at radius 1 is 0.603 bits per heavy atom. The van der Waals surface area contributed by atoms with E-state index in [2.05, 4.69) is 9.98 Å². The van der Waals surface area contributed by atoms with Gasteiger partial charge in [-0.25, -0.2) is 9.80 Å². The number of ether oxygens (including phenoxy) is 8. The molecule has 1 aliphatic rings. The maximum absolute atomic E-state index is 14.4. The molecular weight excluding hydrogens is 764 g/mol. The summed E-state index contributed by atoms with van der Waals surface area (Å²) >= 11 is 0. The van der Waals surface area contributed by atoms with Crippen LogP contribution in [0.5, 0.6) is 11.5 Å². The van der Waals surface area contributed by atoms with Crippen molar-refractivity contribution in [2.24, 2.45) is 44.4 Å². The Kier molecular flexibility index (Phi) is 23.8. The lowest BCUT2D eigenvalue weighted by atomic mass is 10.1. The van der Waals surface area contributed by atoms with Gasteiger partial charge < -0.3 is 72.3 Å². The Hall–Kier alpha value is -4.68. The molecule has 0 bridgehead atoms. The van der Waals surface area contributed by atoms with Crippen LogP contribution < -0.4 is 43.9 Å². The predicted molar refractivity (Wildman–Crippen MR) is 211 cm³/mol. The summed E-state index contributed by atoms with van der Waals surface area (Å²) in [6.07, 6.45) is 0.439. The minimum absolute atomic E-state index is 0.00359. The second-order valence-electron chi connectivity index (χ2n) is 12.8. The number of nitrogens with zero attached hydrogens (tertiary/aromatic N) is 4. The van der Waals surface area contributed by atoms with Gasteiger partial charge in [0, 0.05) is 26.9 Å². The van der Waals surface area contributed by atoms with Crippen LogP contribution >= 0.6 is 0 Å². The molecule has 1 aromatic rings. The first-order valence-electron chi connectivity index (χ1n) is 19.0. The zero-order valence-corrected chi connectivity index (χ0v) is 33.6. The Morgan fingerprint density at radius 2 is 0.966 bits per heavy atom. The maximum Gasteiger partial charge on any atom is 0.305 e. The van der Waals surface area contributed by atoms with Crippen molar-refractivity contribution >= 4 is 35.5 Å². The lowest BCUT2D eigenvalue weighted by Gasteiger charge is -2.47. The molecule has 0 spiro atoms. The number of carbonyl (C=O) groups is 4. The second kappa shape index (κ2) is 27.9. The number of benzene rings is 1. The molecule has 4 amide bonds. The van der Waals surface area contributed by atoms with Crippen LogP contribution in [0.2, 0.25) is 0 Å². The zero-order chi connectivity index (χ0) is 42.8. The van der Waals surface area contributed by atoms with Crippen LogP contribution in [0.4, 0.5) is 0 Å². The second-order valence-corrected chi connectivity index (χ2v) is 12.8. The van der Waals surface area contributed by atoms with Crippen LogP contribution in [0, 0.1) is 0 Å². The summed E-state index contributed by atoms with van der Waals surface area (Å²) in [5.41, 5.74) is 34.6. The first kappa shape index (κ1) is 49.5. The number of para-hydroxylation sites is 2. The van der Waals surface area contributed by atoms with Gasteiger partial charge in [-0.3, -0.25) is 29.2 Å². The van der Waals surface area contributed by atoms with E-state index in [1.54, 1.807) is 18.2 Å². The third-order valence-electron chi connectivity index (χ3n) is 8.10. The molecule has 2 rings (SSSR count). The number of guanidine groups is 2. The van der Waals surface area contributed by atoms with Crippen molar-refractivity contribution in [1.29, 1.82) is 0 Å². The molecule has 22 heteroatoms. The van der Waals surface area contributed by atoms with Crippen molar-refractivity contribution in [2.75, 3.05) is 99.0 Å². The average molecular weight is 827 g/mol. The molecule has 328 valence electrons. The van der Waals surface area contributed by atoms with Gasteiger partial charge in [-0.15, -0.1) is 0 Å². The summed E-state index contributed by atoms with van der Waals surface area (Å²) in [6, 6.07) is 3.49.